The highest BCUT2D eigenvalue weighted by atomic mass is 35.5. The highest BCUT2D eigenvalue weighted by Crippen LogP contribution is 2.31. The molecule has 2 aromatic rings. The van der Waals surface area contributed by atoms with Gasteiger partial charge in [-0.05, 0) is 31.1 Å². The second-order valence-corrected chi connectivity index (χ2v) is 8.30. The lowest BCUT2D eigenvalue weighted by molar-refractivity contribution is -0.127. The maximum absolute atomic E-state index is 12.2. The van der Waals surface area contributed by atoms with Crippen molar-refractivity contribution in [2.24, 2.45) is 0 Å². The number of nitrogens with zero attached hydrogens (tertiary/aromatic N) is 4. The lowest BCUT2D eigenvalue weighted by Crippen LogP contribution is -2.30. The first-order chi connectivity index (χ1) is 16.9. The van der Waals surface area contributed by atoms with E-state index in [0.717, 1.165) is 11.4 Å². The molecule has 0 unspecified atom stereocenters. The van der Waals surface area contributed by atoms with Gasteiger partial charge in [0.25, 0.3) is 0 Å². The number of halogens is 1. The van der Waals surface area contributed by atoms with Crippen LogP contribution in [0.15, 0.2) is 53.6 Å². The largest absolute Gasteiger partial charge is 0.490 e. The Balaban J connectivity index is 1.55. The van der Waals surface area contributed by atoms with E-state index in [1.807, 2.05) is 30.3 Å². The number of carbonyl (C=O) groups is 2. The molecule has 1 aliphatic heterocycles. The zero-order valence-corrected chi connectivity index (χ0v) is 19.9. The van der Waals surface area contributed by atoms with Crippen molar-refractivity contribution in [2.75, 3.05) is 23.8 Å². The molecule has 3 N–H and O–H groups in total. The van der Waals surface area contributed by atoms with Crippen LogP contribution in [0, 0.1) is 11.3 Å². The molecule has 2 heterocycles. The minimum Gasteiger partial charge on any atom is -0.490 e. The molecule has 10 nitrogen and oxygen atoms in total. The van der Waals surface area contributed by atoms with E-state index in [0.29, 0.717) is 53.3 Å². The summed E-state index contributed by atoms with van der Waals surface area (Å²) in [6, 6.07) is 9.34. The van der Waals surface area contributed by atoms with Gasteiger partial charge in [0.15, 0.2) is 5.82 Å². The van der Waals surface area contributed by atoms with Crippen LogP contribution in [-0.4, -0.2) is 39.8 Å². The summed E-state index contributed by atoms with van der Waals surface area (Å²) >= 11 is 6.34. The third kappa shape index (κ3) is 5.88. The minimum atomic E-state index is -0.128. The molecule has 0 fully saturated rings. The summed E-state index contributed by atoms with van der Waals surface area (Å²) in [6.07, 6.45) is 5.02. The van der Waals surface area contributed by atoms with Gasteiger partial charge in [0.1, 0.15) is 17.4 Å². The van der Waals surface area contributed by atoms with E-state index in [4.69, 9.17) is 21.6 Å². The van der Waals surface area contributed by atoms with Gasteiger partial charge in [0.2, 0.25) is 17.8 Å². The number of carbonyl (C=O) groups excluding carboxylic acids is 2. The Morgan fingerprint density at radius 2 is 2.11 bits per heavy atom. The molecule has 35 heavy (non-hydrogen) atoms. The van der Waals surface area contributed by atoms with Crippen LogP contribution in [0.1, 0.15) is 32.6 Å². The zero-order chi connectivity index (χ0) is 24.8. The highest BCUT2D eigenvalue weighted by Gasteiger charge is 2.26. The first-order valence-electron chi connectivity index (χ1n) is 11.1. The van der Waals surface area contributed by atoms with Gasteiger partial charge in [-0.1, -0.05) is 23.7 Å². The van der Waals surface area contributed by atoms with Gasteiger partial charge in [0.05, 0.1) is 30.1 Å². The Hall–Kier alpha value is -4.10. The van der Waals surface area contributed by atoms with Gasteiger partial charge in [-0.3, -0.25) is 9.59 Å². The second-order valence-electron chi connectivity index (χ2n) is 7.90. The molecule has 0 saturated carbocycles. The Bertz CT molecular complexity index is 1250. The molecule has 0 bridgehead atoms. The molecule has 180 valence electrons. The summed E-state index contributed by atoms with van der Waals surface area (Å²) in [7, 11) is 0. The van der Waals surface area contributed by atoms with Crippen LogP contribution < -0.4 is 20.7 Å². The number of amides is 2. The number of aromatic nitrogens is 2. The van der Waals surface area contributed by atoms with E-state index in [9.17, 15) is 9.59 Å². The number of nitriles is 1. The van der Waals surface area contributed by atoms with Gasteiger partial charge in [0, 0.05) is 31.3 Å². The molecular weight excluding hydrogens is 470 g/mol. The quantitative estimate of drug-likeness (QED) is 0.495. The van der Waals surface area contributed by atoms with Gasteiger partial charge in [-0.15, -0.1) is 0 Å². The lowest BCUT2D eigenvalue weighted by atomic mass is 10.0. The van der Waals surface area contributed by atoms with Gasteiger partial charge < -0.3 is 25.6 Å². The van der Waals surface area contributed by atoms with E-state index in [-0.39, 0.29) is 31.3 Å². The number of hydrogen-bond donors (Lipinski definition) is 3. The summed E-state index contributed by atoms with van der Waals surface area (Å²) in [4.78, 5) is 34.6. The topological polar surface area (TPSA) is 132 Å². The van der Waals surface area contributed by atoms with Crippen LogP contribution >= 0.6 is 11.6 Å². The number of allylic oxidation sites excluding steroid dienone is 3. The third-order valence-corrected chi connectivity index (χ3v) is 5.69. The molecule has 4 rings (SSSR count). The second kappa shape index (κ2) is 10.9. The van der Waals surface area contributed by atoms with Crippen molar-refractivity contribution in [3.63, 3.8) is 0 Å². The number of para-hydroxylation sites is 2. The fourth-order valence-electron chi connectivity index (χ4n) is 3.76. The van der Waals surface area contributed by atoms with Crippen molar-refractivity contribution in [3.05, 3.63) is 58.7 Å². The molecular formula is C24H24ClN7O3. The van der Waals surface area contributed by atoms with E-state index in [1.165, 1.54) is 13.1 Å². The van der Waals surface area contributed by atoms with Crippen LogP contribution in [-0.2, 0) is 9.59 Å². The summed E-state index contributed by atoms with van der Waals surface area (Å²) in [5, 5.41) is 18.3. The highest BCUT2D eigenvalue weighted by molar-refractivity contribution is 6.32. The van der Waals surface area contributed by atoms with E-state index < -0.39 is 0 Å². The number of anilines is 3. The molecule has 0 spiro atoms. The number of rotatable bonds is 7. The first-order valence-corrected chi connectivity index (χ1v) is 11.5. The Labute approximate surface area is 207 Å². The normalized spacial score (nSPS) is 15.3. The molecule has 0 radical (unpaired) electrons. The molecule has 0 saturated heterocycles. The Kier molecular flexibility index (Phi) is 7.48. The molecule has 2 amide bonds. The molecule has 1 aromatic heterocycles. The van der Waals surface area contributed by atoms with Crippen LogP contribution in [0.2, 0.25) is 5.02 Å². The van der Waals surface area contributed by atoms with Crippen molar-refractivity contribution in [1.29, 1.82) is 5.26 Å². The first kappa shape index (κ1) is 24.0. The van der Waals surface area contributed by atoms with Crippen molar-refractivity contribution in [3.8, 4) is 11.8 Å². The minimum absolute atomic E-state index is 0.0975. The average molecular weight is 494 g/mol. The number of hydrogen-bond acceptors (Lipinski definition) is 8. The van der Waals surface area contributed by atoms with Crippen LogP contribution in [0.25, 0.3) is 0 Å². The Morgan fingerprint density at radius 1 is 1.29 bits per heavy atom. The third-order valence-electron chi connectivity index (χ3n) is 5.42. The predicted octanol–water partition coefficient (Wildman–Crippen LogP) is 3.84. The van der Waals surface area contributed by atoms with E-state index >= 15 is 0 Å². The molecule has 2 aliphatic rings. The fraction of sp³-hybridized carbons (Fsp3) is 0.292. The number of nitrogens with one attached hydrogen (secondary N) is 3. The maximum Gasteiger partial charge on any atom is 0.228 e. The standard InChI is InChI=1S/C24H24ClN7O3/c1-15(33)32-11-9-22(34)29-18-8-7-16(13-20(18)32)28-24-27-14-17(25)23(31-24)30-19-5-2-3-6-21(19)35-12-4-10-26/h2-3,5-6,13-14H,4,7-9,11-12H2,1H3,(H,29,34)(H2,27,28,30,31). The van der Waals surface area contributed by atoms with E-state index in [1.54, 1.807) is 11.0 Å². The van der Waals surface area contributed by atoms with Crippen LogP contribution in [0.5, 0.6) is 5.75 Å². The van der Waals surface area contributed by atoms with Gasteiger partial charge >= 0.3 is 0 Å². The van der Waals surface area contributed by atoms with Crippen LogP contribution in [0.4, 0.5) is 17.5 Å². The van der Waals surface area contributed by atoms with Crippen molar-refractivity contribution in [1.82, 2.24) is 20.2 Å². The van der Waals surface area contributed by atoms with Crippen molar-refractivity contribution in [2.45, 2.75) is 32.6 Å². The smallest absolute Gasteiger partial charge is 0.228 e. The predicted molar refractivity (Wildman–Crippen MR) is 131 cm³/mol. The number of benzene rings is 1. The molecule has 11 heteroatoms. The summed E-state index contributed by atoms with van der Waals surface area (Å²) in [5.41, 5.74) is 2.86. The van der Waals surface area contributed by atoms with Crippen LogP contribution in [0.3, 0.4) is 0 Å². The lowest BCUT2D eigenvalue weighted by Gasteiger charge is -2.26. The number of ether oxygens (including phenoxy) is 1. The monoisotopic (exact) mass is 493 g/mol. The SMILES string of the molecule is CC(=O)N1CCC(=O)NC2=C1C=C(Nc1ncc(Cl)c(Nc3ccccc3OCCC#N)n1)CC2. The summed E-state index contributed by atoms with van der Waals surface area (Å²) < 4.78 is 5.68. The molecule has 1 aliphatic carbocycles. The Morgan fingerprint density at radius 3 is 2.91 bits per heavy atom. The molecule has 0 atom stereocenters. The van der Waals surface area contributed by atoms with E-state index in [2.05, 4.69) is 25.9 Å². The zero-order valence-electron chi connectivity index (χ0n) is 19.1. The van der Waals surface area contributed by atoms with Gasteiger partial charge in [-0.2, -0.15) is 10.2 Å². The summed E-state index contributed by atoms with van der Waals surface area (Å²) in [6.45, 7) is 2.08. The maximum atomic E-state index is 12.2. The fourth-order valence-corrected chi connectivity index (χ4v) is 3.90. The van der Waals surface area contributed by atoms with Crippen molar-refractivity contribution >= 4 is 40.9 Å². The molecule has 1 aromatic carbocycles. The summed E-state index contributed by atoms with van der Waals surface area (Å²) in [5.74, 6) is 1.04. The average Bonchev–Trinajstić information content (AvgIpc) is 3.00. The van der Waals surface area contributed by atoms with Gasteiger partial charge in [-0.25, -0.2) is 4.98 Å². The van der Waals surface area contributed by atoms with Crippen molar-refractivity contribution < 1.29 is 14.3 Å².